The summed E-state index contributed by atoms with van der Waals surface area (Å²) in [6, 6.07) is 0. The number of carbonyl (C=O) groups excluding carboxylic acids is 2. The third-order valence-corrected chi connectivity index (χ3v) is 2.70. The number of nitrogens with one attached hydrogen (secondary N) is 1. The van der Waals surface area contributed by atoms with Crippen LogP contribution >= 0.6 is 0 Å². The SMILES string of the molecule is CCC(C)(C)CCCOC(=O)CNC(C)=O. The first kappa shape index (κ1) is 14.9. The van der Waals surface area contributed by atoms with Gasteiger partial charge < -0.3 is 10.1 Å². The van der Waals surface area contributed by atoms with Crippen molar-refractivity contribution in [3.8, 4) is 0 Å². The molecule has 0 aromatic heterocycles. The van der Waals surface area contributed by atoms with E-state index in [9.17, 15) is 9.59 Å². The van der Waals surface area contributed by atoms with E-state index in [2.05, 4.69) is 26.1 Å². The molecule has 0 saturated carbocycles. The van der Waals surface area contributed by atoms with Gasteiger partial charge in [-0.05, 0) is 18.3 Å². The highest BCUT2D eigenvalue weighted by molar-refractivity contribution is 5.80. The molecule has 0 atom stereocenters. The fraction of sp³-hybridized carbons (Fsp3) is 0.833. The Morgan fingerprint density at radius 3 is 2.44 bits per heavy atom. The summed E-state index contributed by atoms with van der Waals surface area (Å²) in [5, 5.41) is 2.40. The van der Waals surface area contributed by atoms with E-state index >= 15 is 0 Å². The monoisotopic (exact) mass is 229 g/mol. The minimum absolute atomic E-state index is 0.0352. The zero-order chi connectivity index (χ0) is 12.6. The van der Waals surface area contributed by atoms with Gasteiger partial charge in [0.25, 0.3) is 0 Å². The maximum atomic E-state index is 11.1. The van der Waals surface area contributed by atoms with Gasteiger partial charge >= 0.3 is 5.97 Å². The smallest absolute Gasteiger partial charge is 0.325 e. The third-order valence-electron chi connectivity index (χ3n) is 2.70. The summed E-state index contributed by atoms with van der Waals surface area (Å²) in [6.07, 6.45) is 3.02. The fourth-order valence-electron chi connectivity index (χ4n) is 1.16. The summed E-state index contributed by atoms with van der Waals surface area (Å²) < 4.78 is 4.98. The minimum Gasteiger partial charge on any atom is -0.464 e. The van der Waals surface area contributed by atoms with Crippen molar-refractivity contribution in [1.82, 2.24) is 5.32 Å². The van der Waals surface area contributed by atoms with E-state index in [1.165, 1.54) is 6.92 Å². The van der Waals surface area contributed by atoms with E-state index in [1.54, 1.807) is 0 Å². The van der Waals surface area contributed by atoms with Gasteiger partial charge in [0.2, 0.25) is 5.91 Å². The van der Waals surface area contributed by atoms with E-state index < -0.39 is 0 Å². The summed E-state index contributed by atoms with van der Waals surface area (Å²) in [5.41, 5.74) is 0.310. The molecular weight excluding hydrogens is 206 g/mol. The van der Waals surface area contributed by atoms with Crippen molar-refractivity contribution >= 4 is 11.9 Å². The third kappa shape index (κ3) is 8.26. The van der Waals surface area contributed by atoms with Crippen LogP contribution in [0.4, 0.5) is 0 Å². The molecule has 0 aromatic rings. The van der Waals surface area contributed by atoms with Gasteiger partial charge in [-0.15, -0.1) is 0 Å². The number of hydrogen-bond acceptors (Lipinski definition) is 3. The van der Waals surface area contributed by atoms with Gasteiger partial charge in [-0.2, -0.15) is 0 Å². The molecule has 0 rings (SSSR count). The number of amides is 1. The molecule has 0 heterocycles. The second-order valence-corrected chi connectivity index (χ2v) is 4.75. The fourth-order valence-corrected chi connectivity index (χ4v) is 1.16. The molecule has 1 amide bonds. The van der Waals surface area contributed by atoms with Gasteiger partial charge in [-0.1, -0.05) is 27.2 Å². The molecule has 0 aliphatic carbocycles. The van der Waals surface area contributed by atoms with E-state index in [0.717, 1.165) is 19.3 Å². The summed E-state index contributed by atoms with van der Waals surface area (Å²) in [7, 11) is 0. The Morgan fingerprint density at radius 1 is 1.31 bits per heavy atom. The lowest BCUT2D eigenvalue weighted by Crippen LogP contribution is -2.28. The number of esters is 1. The van der Waals surface area contributed by atoms with Crippen LogP contribution in [0.1, 0.15) is 47.0 Å². The molecule has 0 unspecified atom stereocenters. The molecule has 1 N–H and O–H groups in total. The van der Waals surface area contributed by atoms with Crippen LogP contribution in [0.25, 0.3) is 0 Å². The predicted molar refractivity (Wildman–Crippen MR) is 62.9 cm³/mol. The van der Waals surface area contributed by atoms with Crippen LogP contribution in [0, 0.1) is 5.41 Å². The van der Waals surface area contributed by atoms with Crippen LogP contribution in [0.2, 0.25) is 0 Å². The van der Waals surface area contributed by atoms with Crippen molar-refractivity contribution in [2.24, 2.45) is 5.41 Å². The molecule has 4 heteroatoms. The maximum Gasteiger partial charge on any atom is 0.325 e. The topological polar surface area (TPSA) is 55.4 Å². The highest BCUT2D eigenvalue weighted by Gasteiger charge is 2.14. The van der Waals surface area contributed by atoms with Gasteiger partial charge in [-0.25, -0.2) is 0 Å². The Balaban J connectivity index is 3.52. The Labute approximate surface area is 97.7 Å². The Bertz CT molecular complexity index is 236. The van der Waals surface area contributed by atoms with Gasteiger partial charge in [0.1, 0.15) is 6.54 Å². The van der Waals surface area contributed by atoms with E-state index in [4.69, 9.17) is 4.74 Å². The molecule has 94 valence electrons. The van der Waals surface area contributed by atoms with Crippen LogP contribution in [0.5, 0.6) is 0 Å². The van der Waals surface area contributed by atoms with Gasteiger partial charge in [0, 0.05) is 6.92 Å². The quantitative estimate of drug-likeness (QED) is 0.535. The average molecular weight is 229 g/mol. The summed E-state index contributed by atoms with van der Waals surface area (Å²) in [4.78, 5) is 21.6. The van der Waals surface area contributed by atoms with E-state index in [1.807, 2.05) is 0 Å². The van der Waals surface area contributed by atoms with Crippen molar-refractivity contribution < 1.29 is 14.3 Å². The normalized spacial score (nSPS) is 11.0. The molecular formula is C12H23NO3. The second-order valence-electron chi connectivity index (χ2n) is 4.75. The lowest BCUT2D eigenvalue weighted by atomic mass is 9.85. The van der Waals surface area contributed by atoms with Crippen LogP contribution in [-0.4, -0.2) is 25.0 Å². The van der Waals surface area contributed by atoms with Crippen molar-refractivity contribution in [1.29, 1.82) is 0 Å². The molecule has 0 fully saturated rings. The van der Waals surface area contributed by atoms with Crippen molar-refractivity contribution in [2.45, 2.75) is 47.0 Å². The van der Waals surface area contributed by atoms with Crippen molar-refractivity contribution in [3.63, 3.8) is 0 Å². The second kappa shape index (κ2) is 7.25. The predicted octanol–water partition coefficient (Wildman–Crippen LogP) is 1.88. The molecule has 0 bridgehead atoms. The van der Waals surface area contributed by atoms with E-state index in [-0.39, 0.29) is 18.4 Å². The molecule has 0 radical (unpaired) electrons. The van der Waals surface area contributed by atoms with Crippen LogP contribution in [0.15, 0.2) is 0 Å². The van der Waals surface area contributed by atoms with Gasteiger partial charge in [0.15, 0.2) is 0 Å². The highest BCUT2D eigenvalue weighted by atomic mass is 16.5. The number of hydrogen-bond donors (Lipinski definition) is 1. The standard InChI is InChI=1S/C12H23NO3/c1-5-12(3,4)7-6-8-16-11(15)9-13-10(2)14/h5-9H2,1-4H3,(H,13,14). The molecule has 0 aliphatic heterocycles. The zero-order valence-corrected chi connectivity index (χ0v) is 10.8. The van der Waals surface area contributed by atoms with Crippen molar-refractivity contribution in [3.05, 3.63) is 0 Å². The van der Waals surface area contributed by atoms with Crippen LogP contribution in [0.3, 0.4) is 0 Å². The maximum absolute atomic E-state index is 11.1. The van der Waals surface area contributed by atoms with Gasteiger partial charge in [-0.3, -0.25) is 9.59 Å². The molecule has 0 saturated heterocycles. The molecule has 0 aliphatic rings. The summed E-state index contributed by atoms with van der Waals surface area (Å²) >= 11 is 0. The molecule has 4 nitrogen and oxygen atoms in total. The number of ether oxygens (including phenoxy) is 1. The first-order valence-corrected chi connectivity index (χ1v) is 5.77. The van der Waals surface area contributed by atoms with Crippen LogP contribution in [-0.2, 0) is 14.3 Å². The molecule has 16 heavy (non-hydrogen) atoms. The number of carbonyl (C=O) groups is 2. The number of rotatable bonds is 7. The Kier molecular flexibility index (Phi) is 6.77. The first-order chi connectivity index (χ1) is 7.37. The molecule has 0 spiro atoms. The lowest BCUT2D eigenvalue weighted by molar-refractivity contribution is -0.144. The van der Waals surface area contributed by atoms with Gasteiger partial charge in [0.05, 0.1) is 6.61 Å². The summed E-state index contributed by atoms with van der Waals surface area (Å²) in [5.74, 6) is -0.589. The Hall–Kier alpha value is -1.06. The minimum atomic E-state index is -0.371. The molecule has 0 aromatic carbocycles. The lowest BCUT2D eigenvalue weighted by Gasteiger charge is -2.21. The largest absolute Gasteiger partial charge is 0.464 e. The zero-order valence-electron chi connectivity index (χ0n) is 10.8. The first-order valence-electron chi connectivity index (χ1n) is 5.77. The average Bonchev–Trinajstić information content (AvgIpc) is 2.21. The van der Waals surface area contributed by atoms with Crippen LogP contribution < -0.4 is 5.32 Å². The highest BCUT2D eigenvalue weighted by Crippen LogP contribution is 2.25. The Morgan fingerprint density at radius 2 is 1.94 bits per heavy atom. The van der Waals surface area contributed by atoms with E-state index in [0.29, 0.717) is 12.0 Å². The summed E-state index contributed by atoms with van der Waals surface area (Å²) in [6.45, 7) is 8.33. The van der Waals surface area contributed by atoms with Crippen molar-refractivity contribution in [2.75, 3.05) is 13.2 Å².